The Bertz CT molecular complexity index is 628. The van der Waals surface area contributed by atoms with Gasteiger partial charge in [0.15, 0.2) is 0 Å². The van der Waals surface area contributed by atoms with Crippen LogP contribution in [0.15, 0.2) is 29.2 Å². The number of carbonyl (C=O) groups excluding carboxylic acids is 1. The zero-order valence-corrected chi connectivity index (χ0v) is 13.6. The number of hydrogen-bond donors (Lipinski definition) is 0. The van der Waals surface area contributed by atoms with E-state index in [0.717, 1.165) is 12.0 Å². The maximum Gasteiger partial charge on any atom is 0.242 e. The minimum absolute atomic E-state index is 0.0212. The van der Waals surface area contributed by atoms with Crippen LogP contribution in [0.2, 0.25) is 0 Å². The van der Waals surface area contributed by atoms with Crippen LogP contribution < -0.4 is 0 Å². The summed E-state index contributed by atoms with van der Waals surface area (Å²) in [6.07, 6.45) is 1.23. The molecule has 1 saturated heterocycles. The van der Waals surface area contributed by atoms with E-state index >= 15 is 0 Å². The largest absolute Gasteiger partial charge is 0.339 e. The minimum Gasteiger partial charge on any atom is -0.339 e. The fraction of sp³-hybridized carbons (Fsp3) is 0.533. The molecule has 1 aliphatic heterocycles. The number of nitrogens with zero attached hydrogens (tertiary/aromatic N) is 2. The van der Waals surface area contributed by atoms with Gasteiger partial charge in [0.2, 0.25) is 15.9 Å². The van der Waals surface area contributed by atoms with Crippen LogP contribution in [0.4, 0.5) is 0 Å². The third kappa shape index (κ3) is 3.27. The fourth-order valence-corrected chi connectivity index (χ4v) is 4.08. The standard InChI is InChI=1S/C15H22N2O3S/c1-4-17-13(8-9-15(17)18)11-16(3)21(19,20)14-7-5-6-12(2)10-14/h5-7,10,13H,4,8-9,11H2,1-3H3/t13-/m1/s1. The zero-order chi connectivity index (χ0) is 15.6. The summed E-state index contributed by atoms with van der Waals surface area (Å²) in [5, 5.41) is 0. The van der Waals surface area contributed by atoms with Crippen molar-refractivity contribution in [1.29, 1.82) is 0 Å². The van der Waals surface area contributed by atoms with Gasteiger partial charge in [-0.1, -0.05) is 12.1 Å². The van der Waals surface area contributed by atoms with Gasteiger partial charge in [-0.2, -0.15) is 4.31 Å². The smallest absolute Gasteiger partial charge is 0.242 e. The highest BCUT2D eigenvalue weighted by molar-refractivity contribution is 7.89. The van der Waals surface area contributed by atoms with E-state index in [0.29, 0.717) is 24.4 Å². The third-order valence-electron chi connectivity index (χ3n) is 3.96. The predicted octanol–water partition coefficient (Wildman–Crippen LogP) is 1.63. The number of likely N-dealkylation sites (tertiary alicyclic amines) is 1. The Hall–Kier alpha value is -1.40. The lowest BCUT2D eigenvalue weighted by molar-refractivity contribution is -0.128. The van der Waals surface area contributed by atoms with Gasteiger partial charge in [-0.3, -0.25) is 4.79 Å². The van der Waals surface area contributed by atoms with Gasteiger partial charge in [-0.05, 0) is 38.0 Å². The van der Waals surface area contributed by atoms with Crippen molar-refractivity contribution in [2.75, 3.05) is 20.1 Å². The highest BCUT2D eigenvalue weighted by Crippen LogP contribution is 2.22. The van der Waals surface area contributed by atoms with Crippen LogP contribution in [0, 0.1) is 6.92 Å². The normalized spacial score (nSPS) is 19.5. The van der Waals surface area contributed by atoms with Crippen molar-refractivity contribution in [3.63, 3.8) is 0 Å². The molecule has 116 valence electrons. The molecule has 1 atom stereocenters. The lowest BCUT2D eigenvalue weighted by Crippen LogP contribution is -2.42. The van der Waals surface area contributed by atoms with Crippen LogP contribution in [0.1, 0.15) is 25.3 Å². The van der Waals surface area contributed by atoms with Crippen LogP contribution in [0.5, 0.6) is 0 Å². The molecule has 0 spiro atoms. The van der Waals surface area contributed by atoms with E-state index in [2.05, 4.69) is 0 Å². The number of hydrogen-bond acceptors (Lipinski definition) is 3. The van der Waals surface area contributed by atoms with Crippen LogP contribution in [-0.4, -0.2) is 49.7 Å². The molecule has 1 amide bonds. The van der Waals surface area contributed by atoms with Crippen molar-refractivity contribution in [2.45, 2.75) is 37.6 Å². The van der Waals surface area contributed by atoms with Gasteiger partial charge >= 0.3 is 0 Å². The van der Waals surface area contributed by atoms with Crippen molar-refractivity contribution in [3.05, 3.63) is 29.8 Å². The lowest BCUT2D eigenvalue weighted by Gasteiger charge is -2.27. The van der Waals surface area contributed by atoms with E-state index in [9.17, 15) is 13.2 Å². The van der Waals surface area contributed by atoms with Crippen molar-refractivity contribution < 1.29 is 13.2 Å². The summed E-state index contributed by atoms with van der Waals surface area (Å²) in [5.74, 6) is 0.115. The molecule has 1 heterocycles. The summed E-state index contributed by atoms with van der Waals surface area (Å²) in [6.45, 7) is 4.76. The molecule has 0 N–H and O–H groups in total. The molecule has 1 aromatic carbocycles. The molecule has 21 heavy (non-hydrogen) atoms. The first kappa shape index (κ1) is 16.0. The predicted molar refractivity (Wildman–Crippen MR) is 81.4 cm³/mol. The topological polar surface area (TPSA) is 57.7 Å². The summed E-state index contributed by atoms with van der Waals surface area (Å²) in [6, 6.07) is 6.87. The van der Waals surface area contributed by atoms with Gasteiger partial charge in [0.05, 0.1) is 4.90 Å². The Morgan fingerprint density at radius 2 is 2.10 bits per heavy atom. The molecule has 0 unspecified atom stereocenters. The van der Waals surface area contributed by atoms with Gasteiger partial charge < -0.3 is 4.90 Å². The van der Waals surface area contributed by atoms with Crippen LogP contribution in [0.3, 0.4) is 0 Å². The number of likely N-dealkylation sites (N-methyl/N-ethyl adjacent to an activating group) is 2. The van der Waals surface area contributed by atoms with Crippen molar-refractivity contribution in [3.8, 4) is 0 Å². The second kappa shape index (κ2) is 6.15. The average molecular weight is 310 g/mol. The number of amides is 1. The van der Waals surface area contributed by atoms with E-state index in [4.69, 9.17) is 0 Å². The maximum absolute atomic E-state index is 12.6. The number of aryl methyl sites for hydroxylation is 1. The summed E-state index contributed by atoms with van der Waals surface area (Å²) in [7, 11) is -1.93. The minimum atomic E-state index is -3.50. The molecule has 1 fully saturated rings. The second-order valence-corrected chi connectivity index (χ2v) is 7.52. The molecule has 5 nitrogen and oxygen atoms in total. The highest BCUT2D eigenvalue weighted by atomic mass is 32.2. The van der Waals surface area contributed by atoms with Gasteiger partial charge in [0, 0.05) is 32.6 Å². The van der Waals surface area contributed by atoms with Gasteiger partial charge in [0.25, 0.3) is 0 Å². The number of carbonyl (C=O) groups is 1. The number of rotatable bonds is 5. The van der Waals surface area contributed by atoms with E-state index in [1.54, 1.807) is 30.1 Å². The number of sulfonamides is 1. The molecule has 0 bridgehead atoms. The Balaban J connectivity index is 2.16. The molecule has 0 aliphatic carbocycles. The van der Waals surface area contributed by atoms with Gasteiger partial charge in [-0.25, -0.2) is 8.42 Å². The molecule has 0 radical (unpaired) electrons. The van der Waals surface area contributed by atoms with Crippen LogP contribution in [-0.2, 0) is 14.8 Å². The monoisotopic (exact) mass is 310 g/mol. The summed E-state index contributed by atoms with van der Waals surface area (Å²) < 4.78 is 26.5. The Kier molecular flexibility index (Phi) is 4.68. The van der Waals surface area contributed by atoms with E-state index in [1.807, 2.05) is 19.9 Å². The first-order chi connectivity index (χ1) is 9.86. The fourth-order valence-electron chi connectivity index (χ4n) is 2.77. The Morgan fingerprint density at radius 3 is 2.71 bits per heavy atom. The quantitative estimate of drug-likeness (QED) is 0.830. The summed E-state index contributed by atoms with van der Waals surface area (Å²) in [4.78, 5) is 13.8. The van der Waals surface area contributed by atoms with Crippen LogP contribution in [0.25, 0.3) is 0 Å². The second-order valence-electron chi connectivity index (χ2n) is 5.47. The zero-order valence-electron chi connectivity index (χ0n) is 12.7. The van der Waals surface area contributed by atoms with Crippen molar-refractivity contribution >= 4 is 15.9 Å². The Labute approximate surface area is 126 Å². The third-order valence-corrected chi connectivity index (χ3v) is 5.78. The SMILES string of the molecule is CCN1C(=O)CC[C@@H]1CN(C)S(=O)(=O)c1cccc(C)c1. The molecule has 2 rings (SSSR count). The molecule has 0 saturated carbocycles. The first-order valence-electron chi connectivity index (χ1n) is 7.18. The Morgan fingerprint density at radius 1 is 1.38 bits per heavy atom. The van der Waals surface area contributed by atoms with Gasteiger partial charge in [-0.15, -0.1) is 0 Å². The molecular weight excluding hydrogens is 288 g/mol. The molecule has 6 heteroatoms. The van der Waals surface area contributed by atoms with E-state index < -0.39 is 10.0 Å². The van der Waals surface area contributed by atoms with Crippen molar-refractivity contribution in [2.24, 2.45) is 0 Å². The van der Waals surface area contributed by atoms with E-state index in [1.165, 1.54) is 4.31 Å². The lowest BCUT2D eigenvalue weighted by atomic mass is 10.2. The maximum atomic E-state index is 12.6. The van der Waals surface area contributed by atoms with E-state index in [-0.39, 0.29) is 11.9 Å². The first-order valence-corrected chi connectivity index (χ1v) is 8.62. The molecular formula is C15H22N2O3S. The molecule has 1 aromatic rings. The average Bonchev–Trinajstić information content (AvgIpc) is 2.79. The van der Waals surface area contributed by atoms with Crippen molar-refractivity contribution in [1.82, 2.24) is 9.21 Å². The van der Waals surface area contributed by atoms with Crippen LogP contribution >= 0.6 is 0 Å². The summed E-state index contributed by atoms with van der Waals surface area (Å²) in [5.41, 5.74) is 0.913. The molecule has 1 aliphatic rings. The summed E-state index contributed by atoms with van der Waals surface area (Å²) >= 11 is 0. The highest BCUT2D eigenvalue weighted by Gasteiger charge is 2.33. The molecule has 0 aromatic heterocycles. The van der Waals surface area contributed by atoms with Gasteiger partial charge in [0.1, 0.15) is 0 Å². The number of benzene rings is 1.